The number of halogens is 4. The molecule has 10 heteroatoms. The van der Waals surface area contributed by atoms with Gasteiger partial charge in [-0.2, -0.15) is 18.3 Å². The fourth-order valence-corrected chi connectivity index (χ4v) is 4.69. The first-order valence-electron chi connectivity index (χ1n) is 11.0. The molecule has 0 radical (unpaired) electrons. The Hall–Kier alpha value is -2.94. The van der Waals surface area contributed by atoms with Crippen LogP contribution in [0, 0.1) is 5.41 Å². The SMILES string of the molecule is C[N+](C)=C(CNC(=O)C[C@H](c1ccncc1)C1(C(F)(F)F)CC1)Cc1ccc2[nH]ncc2c1Cl. The van der Waals surface area contributed by atoms with Crippen molar-refractivity contribution in [2.75, 3.05) is 20.6 Å². The van der Waals surface area contributed by atoms with Crippen molar-refractivity contribution in [2.24, 2.45) is 5.41 Å². The molecule has 4 rings (SSSR count). The van der Waals surface area contributed by atoms with Crippen LogP contribution in [-0.2, 0) is 11.2 Å². The number of fused-ring (bicyclic) bond motifs is 1. The number of aromatic amines is 1. The molecule has 1 saturated carbocycles. The first kappa shape index (κ1) is 24.2. The Morgan fingerprint density at radius 3 is 2.56 bits per heavy atom. The van der Waals surface area contributed by atoms with Gasteiger partial charge in [0, 0.05) is 30.1 Å². The molecule has 180 valence electrons. The smallest absolute Gasteiger partial charge is 0.346 e. The van der Waals surface area contributed by atoms with E-state index in [-0.39, 0.29) is 25.8 Å². The zero-order valence-corrected chi connectivity index (χ0v) is 19.7. The second kappa shape index (κ2) is 9.37. The molecule has 0 aliphatic heterocycles. The molecule has 1 atom stereocenters. The third-order valence-corrected chi connectivity index (χ3v) is 7.12. The minimum Gasteiger partial charge on any atom is -0.346 e. The largest absolute Gasteiger partial charge is 0.395 e. The number of hydrogen-bond acceptors (Lipinski definition) is 3. The topological polar surface area (TPSA) is 73.7 Å². The second-order valence-corrected chi connectivity index (χ2v) is 9.35. The van der Waals surface area contributed by atoms with Gasteiger partial charge in [0.15, 0.2) is 5.71 Å². The van der Waals surface area contributed by atoms with Crippen LogP contribution in [0.2, 0.25) is 5.02 Å². The maximum atomic E-state index is 13.9. The number of nitrogens with one attached hydrogen (secondary N) is 2. The van der Waals surface area contributed by atoms with Crippen molar-refractivity contribution < 1.29 is 22.5 Å². The van der Waals surface area contributed by atoms with Crippen LogP contribution in [0.25, 0.3) is 10.9 Å². The van der Waals surface area contributed by atoms with Crippen LogP contribution >= 0.6 is 11.6 Å². The quantitative estimate of drug-likeness (QED) is 0.359. The summed E-state index contributed by atoms with van der Waals surface area (Å²) in [6.07, 6.45) is 0.508. The van der Waals surface area contributed by atoms with Gasteiger partial charge >= 0.3 is 6.18 Å². The van der Waals surface area contributed by atoms with E-state index in [2.05, 4.69) is 20.5 Å². The average molecular weight is 493 g/mol. The van der Waals surface area contributed by atoms with Crippen LogP contribution in [0.3, 0.4) is 0 Å². The Morgan fingerprint density at radius 1 is 1.24 bits per heavy atom. The standard InChI is InChI=1S/C24H25ClF3N5O/c1-33(2)17(11-16-3-4-20-18(22(16)25)14-31-32-20)13-30-21(34)12-19(15-5-9-29-10-6-15)23(7-8-23)24(26,27)28/h3-6,9-10,14,19H,7-8,11-13H2,1-2H3,(H-,30,31,32,34)/p+1/t19-/m1/s1. The van der Waals surface area contributed by atoms with Crippen molar-refractivity contribution in [3.05, 3.63) is 59.0 Å². The summed E-state index contributed by atoms with van der Waals surface area (Å²) in [6, 6.07) is 6.92. The molecule has 2 aromatic heterocycles. The van der Waals surface area contributed by atoms with E-state index in [1.807, 2.05) is 30.8 Å². The maximum Gasteiger partial charge on any atom is 0.395 e. The first-order valence-corrected chi connectivity index (χ1v) is 11.4. The summed E-state index contributed by atoms with van der Waals surface area (Å²) < 4.78 is 43.6. The highest BCUT2D eigenvalue weighted by atomic mass is 35.5. The molecule has 1 aromatic carbocycles. The Morgan fingerprint density at radius 2 is 1.94 bits per heavy atom. The first-order chi connectivity index (χ1) is 16.1. The highest BCUT2D eigenvalue weighted by Gasteiger charge is 2.67. The second-order valence-electron chi connectivity index (χ2n) is 8.98. The molecule has 1 aliphatic carbocycles. The van der Waals surface area contributed by atoms with Gasteiger partial charge in [-0.15, -0.1) is 0 Å². The summed E-state index contributed by atoms with van der Waals surface area (Å²) in [6.45, 7) is 0.202. The van der Waals surface area contributed by atoms with Crippen molar-refractivity contribution in [1.29, 1.82) is 0 Å². The van der Waals surface area contributed by atoms with Gasteiger partial charge in [-0.3, -0.25) is 14.9 Å². The number of aromatic nitrogens is 3. The highest BCUT2D eigenvalue weighted by Crippen LogP contribution is 2.66. The predicted molar refractivity (Wildman–Crippen MR) is 124 cm³/mol. The lowest BCUT2D eigenvalue weighted by atomic mass is 9.80. The van der Waals surface area contributed by atoms with Gasteiger partial charge in [-0.25, -0.2) is 4.58 Å². The van der Waals surface area contributed by atoms with Crippen molar-refractivity contribution in [2.45, 2.75) is 37.8 Å². The van der Waals surface area contributed by atoms with Crippen molar-refractivity contribution in [3.63, 3.8) is 0 Å². The van der Waals surface area contributed by atoms with Crippen LogP contribution < -0.4 is 5.32 Å². The fraction of sp³-hybridized carbons (Fsp3) is 0.417. The molecule has 1 amide bonds. The number of pyridine rings is 1. The summed E-state index contributed by atoms with van der Waals surface area (Å²) >= 11 is 6.54. The third kappa shape index (κ3) is 4.80. The van der Waals surface area contributed by atoms with Crippen molar-refractivity contribution in [3.8, 4) is 0 Å². The van der Waals surface area contributed by atoms with E-state index >= 15 is 0 Å². The molecule has 0 spiro atoms. The van der Waals surface area contributed by atoms with Gasteiger partial charge in [-0.05, 0) is 42.2 Å². The predicted octanol–water partition coefficient (Wildman–Crippen LogP) is 4.50. The van der Waals surface area contributed by atoms with Gasteiger partial charge in [0.1, 0.15) is 14.1 Å². The van der Waals surface area contributed by atoms with Gasteiger partial charge in [0.2, 0.25) is 5.91 Å². The Kier molecular flexibility index (Phi) is 6.66. The van der Waals surface area contributed by atoms with E-state index in [0.29, 0.717) is 17.0 Å². The lowest BCUT2D eigenvalue weighted by molar-refractivity contribution is -0.466. The number of H-pyrrole nitrogens is 1. The monoisotopic (exact) mass is 492 g/mol. The van der Waals surface area contributed by atoms with E-state index in [4.69, 9.17) is 11.6 Å². The number of amides is 1. The number of nitrogens with zero attached hydrogens (tertiary/aromatic N) is 3. The van der Waals surface area contributed by atoms with Crippen LogP contribution in [0.4, 0.5) is 13.2 Å². The van der Waals surface area contributed by atoms with Gasteiger partial charge in [0.25, 0.3) is 0 Å². The summed E-state index contributed by atoms with van der Waals surface area (Å²) in [5.74, 6) is -1.37. The van der Waals surface area contributed by atoms with E-state index in [1.165, 1.54) is 12.4 Å². The van der Waals surface area contributed by atoms with Crippen LogP contribution in [0.1, 0.15) is 36.3 Å². The summed E-state index contributed by atoms with van der Waals surface area (Å²) in [7, 11) is 3.71. The minimum absolute atomic E-state index is 0.0286. The number of hydrogen-bond donors (Lipinski definition) is 2. The van der Waals surface area contributed by atoms with E-state index in [1.54, 1.807) is 18.3 Å². The molecule has 2 heterocycles. The van der Waals surface area contributed by atoms with Crippen LogP contribution in [-0.4, -0.2) is 58.2 Å². The van der Waals surface area contributed by atoms with Crippen LogP contribution in [0.5, 0.6) is 0 Å². The molecule has 0 unspecified atom stereocenters. The Bertz CT molecular complexity index is 1210. The number of carbonyl (C=O) groups excluding carboxylic acids is 1. The number of carbonyl (C=O) groups is 1. The zero-order chi connectivity index (χ0) is 24.5. The molecule has 6 nitrogen and oxygen atoms in total. The van der Waals surface area contributed by atoms with Gasteiger partial charge in [0.05, 0.1) is 35.1 Å². The summed E-state index contributed by atoms with van der Waals surface area (Å²) in [5, 5.41) is 11.1. The van der Waals surface area contributed by atoms with Crippen molar-refractivity contribution in [1.82, 2.24) is 20.5 Å². The molecular formula is C24H26ClF3N5O+. The molecule has 1 aliphatic rings. The summed E-state index contributed by atoms with van der Waals surface area (Å²) in [5.41, 5.74) is 1.20. The molecular weight excluding hydrogens is 467 g/mol. The molecule has 2 N–H and O–H groups in total. The van der Waals surface area contributed by atoms with E-state index < -0.39 is 23.4 Å². The number of rotatable bonds is 8. The zero-order valence-electron chi connectivity index (χ0n) is 18.9. The van der Waals surface area contributed by atoms with Gasteiger partial charge in [-0.1, -0.05) is 17.7 Å². The minimum atomic E-state index is -4.37. The molecule has 3 aromatic rings. The number of benzene rings is 1. The lowest BCUT2D eigenvalue weighted by Gasteiger charge is -2.29. The summed E-state index contributed by atoms with van der Waals surface area (Å²) in [4.78, 5) is 16.8. The highest BCUT2D eigenvalue weighted by molar-refractivity contribution is 6.36. The molecule has 1 fully saturated rings. The Balaban J connectivity index is 1.47. The van der Waals surface area contributed by atoms with Crippen LogP contribution in [0.15, 0.2) is 42.9 Å². The molecule has 34 heavy (non-hydrogen) atoms. The normalized spacial score (nSPS) is 15.7. The maximum absolute atomic E-state index is 13.9. The number of alkyl halides is 3. The Labute approximate surface area is 200 Å². The van der Waals surface area contributed by atoms with Crippen molar-refractivity contribution >= 4 is 34.1 Å². The van der Waals surface area contributed by atoms with E-state index in [9.17, 15) is 18.0 Å². The third-order valence-electron chi connectivity index (χ3n) is 6.67. The average Bonchev–Trinajstić information content (AvgIpc) is 3.47. The molecule has 0 bridgehead atoms. The van der Waals surface area contributed by atoms with E-state index in [0.717, 1.165) is 22.2 Å². The lowest BCUT2D eigenvalue weighted by Crippen LogP contribution is -2.38. The van der Waals surface area contributed by atoms with Gasteiger partial charge < -0.3 is 5.32 Å². The fourth-order valence-electron chi connectivity index (χ4n) is 4.41. The molecule has 0 saturated heterocycles.